The molecule has 1 fully saturated rings. The second-order valence-electron chi connectivity index (χ2n) is 10.8. The van der Waals surface area contributed by atoms with E-state index < -0.39 is 28.5 Å². The highest BCUT2D eigenvalue weighted by Gasteiger charge is 2.34. The van der Waals surface area contributed by atoms with E-state index in [1.54, 1.807) is 30.3 Å². The number of hydrogen-bond donors (Lipinski definition) is 1. The van der Waals surface area contributed by atoms with Gasteiger partial charge in [-0.15, -0.1) is 0 Å². The molecule has 10 heteroatoms. The predicted molar refractivity (Wildman–Crippen MR) is 167 cm³/mol. The average molecular weight is 631 g/mol. The standard InChI is InChI=1S/C32H37Cl2N3O4S/c1-23-16-18-26(19-17-23)42(40,41)36(2)22-31(38)37(21-27-28(33)14-9-15-29(27)34)30(20-24-10-5-3-6-11-24)32(39)35-25-12-7-4-8-13-25/h3,5-6,9-11,14-19,25,30H,4,7-8,12-13,20-22H2,1-2H3,(H,35,39)/t30-/m0/s1. The summed E-state index contributed by atoms with van der Waals surface area (Å²) >= 11 is 13.0. The lowest BCUT2D eigenvalue weighted by Gasteiger charge is -2.34. The molecule has 0 heterocycles. The molecular formula is C32H37Cl2N3O4S. The summed E-state index contributed by atoms with van der Waals surface area (Å²) < 4.78 is 27.7. The third-order valence-electron chi connectivity index (χ3n) is 7.70. The quantitative estimate of drug-likeness (QED) is 0.281. The topological polar surface area (TPSA) is 86.8 Å². The van der Waals surface area contributed by atoms with Crippen LogP contribution in [0.4, 0.5) is 0 Å². The summed E-state index contributed by atoms with van der Waals surface area (Å²) in [5.74, 6) is -0.824. The highest BCUT2D eigenvalue weighted by Crippen LogP contribution is 2.28. The lowest BCUT2D eigenvalue weighted by Crippen LogP contribution is -2.54. The Morgan fingerprint density at radius 2 is 1.52 bits per heavy atom. The van der Waals surface area contributed by atoms with Crippen LogP contribution in [0.2, 0.25) is 10.0 Å². The van der Waals surface area contributed by atoms with Crippen LogP contribution in [0.25, 0.3) is 0 Å². The Labute approximate surface area is 258 Å². The highest BCUT2D eigenvalue weighted by molar-refractivity contribution is 7.89. The second-order valence-corrected chi connectivity index (χ2v) is 13.7. The number of amides is 2. The lowest BCUT2D eigenvalue weighted by atomic mass is 9.94. The number of nitrogens with one attached hydrogen (secondary N) is 1. The molecule has 0 spiro atoms. The minimum absolute atomic E-state index is 0.0231. The molecule has 3 aromatic carbocycles. The fourth-order valence-corrected chi connectivity index (χ4v) is 6.85. The molecule has 4 rings (SSSR count). The van der Waals surface area contributed by atoms with E-state index in [2.05, 4.69) is 5.32 Å². The normalized spacial score (nSPS) is 14.9. The Bertz CT molecular complexity index is 1460. The number of rotatable bonds is 11. The van der Waals surface area contributed by atoms with Crippen LogP contribution in [0.1, 0.15) is 48.8 Å². The zero-order valence-electron chi connectivity index (χ0n) is 23.9. The van der Waals surface area contributed by atoms with E-state index >= 15 is 0 Å². The van der Waals surface area contributed by atoms with Crippen molar-refractivity contribution in [3.8, 4) is 0 Å². The van der Waals surface area contributed by atoms with Crippen LogP contribution in [-0.4, -0.2) is 55.1 Å². The van der Waals surface area contributed by atoms with Gasteiger partial charge in [-0.05, 0) is 49.6 Å². The number of halogens is 2. The Morgan fingerprint density at radius 3 is 2.14 bits per heavy atom. The molecule has 1 atom stereocenters. The van der Waals surface area contributed by atoms with Crippen LogP contribution >= 0.6 is 23.2 Å². The molecule has 1 aliphatic rings. The molecule has 0 aromatic heterocycles. The van der Waals surface area contributed by atoms with Gasteiger partial charge in [0.2, 0.25) is 21.8 Å². The van der Waals surface area contributed by atoms with Gasteiger partial charge in [-0.1, -0.05) is 96.6 Å². The first-order valence-corrected chi connectivity index (χ1v) is 16.4. The number of hydrogen-bond acceptors (Lipinski definition) is 4. The molecule has 7 nitrogen and oxygen atoms in total. The number of likely N-dealkylation sites (N-methyl/N-ethyl adjacent to an activating group) is 1. The van der Waals surface area contributed by atoms with Gasteiger partial charge in [-0.3, -0.25) is 9.59 Å². The number of carbonyl (C=O) groups is 2. The predicted octanol–water partition coefficient (Wildman–Crippen LogP) is 6.01. The van der Waals surface area contributed by atoms with Crippen LogP contribution in [0.15, 0.2) is 77.7 Å². The van der Waals surface area contributed by atoms with Crippen LogP contribution in [0.5, 0.6) is 0 Å². The lowest BCUT2D eigenvalue weighted by molar-refractivity contribution is -0.141. The number of aryl methyl sites for hydroxylation is 1. The van der Waals surface area contributed by atoms with Gasteiger partial charge in [-0.2, -0.15) is 4.31 Å². The number of sulfonamides is 1. The van der Waals surface area contributed by atoms with E-state index in [4.69, 9.17) is 23.2 Å². The van der Waals surface area contributed by atoms with Crippen LogP contribution in [0, 0.1) is 6.92 Å². The Hall–Kier alpha value is -2.91. The van der Waals surface area contributed by atoms with Crippen LogP contribution in [0.3, 0.4) is 0 Å². The molecule has 1 saturated carbocycles. The first kappa shape index (κ1) is 32.0. The highest BCUT2D eigenvalue weighted by atomic mass is 35.5. The summed E-state index contributed by atoms with van der Waals surface area (Å²) in [6.07, 6.45) is 5.21. The van der Waals surface area contributed by atoms with Crippen molar-refractivity contribution in [2.45, 2.75) is 69.0 Å². The molecule has 0 unspecified atom stereocenters. The van der Waals surface area contributed by atoms with Crippen molar-refractivity contribution in [1.82, 2.24) is 14.5 Å². The van der Waals surface area contributed by atoms with Crippen molar-refractivity contribution in [3.63, 3.8) is 0 Å². The number of carbonyl (C=O) groups excluding carboxylic acids is 2. The molecule has 0 bridgehead atoms. The minimum atomic E-state index is -3.97. The van der Waals surface area contributed by atoms with Crippen molar-refractivity contribution in [1.29, 1.82) is 0 Å². The van der Waals surface area contributed by atoms with E-state index in [1.807, 2.05) is 37.3 Å². The molecular weight excluding hydrogens is 593 g/mol. The van der Waals surface area contributed by atoms with Crippen molar-refractivity contribution in [2.75, 3.05) is 13.6 Å². The van der Waals surface area contributed by atoms with Gasteiger partial charge >= 0.3 is 0 Å². The monoisotopic (exact) mass is 629 g/mol. The Kier molecular flexibility index (Phi) is 11.1. The van der Waals surface area contributed by atoms with Crippen molar-refractivity contribution < 1.29 is 18.0 Å². The van der Waals surface area contributed by atoms with Crippen LogP contribution < -0.4 is 5.32 Å². The van der Waals surface area contributed by atoms with Gasteiger partial charge in [0.05, 0.1) is 11.4 Å². The molecule has 3 aromatic rings. The largest absolute Gasteiger partial charge is 0.352 e. The molecule has 1 N–H and O–H groups in total. The molecule has 1 aliphatic carbocycles. The van der Waals surface area contributed by atoms with Gasteiger partial charge < -0.3 is 10.2 Å². The fraction of sp³-hybridized carbons (Fsp3) is 0.375. The zero-order chi connectivity index (χ0) is 30.3. The van der Waals surface area contributed by atoms with Crippen molar-refractivity contribution >= 4 is 45.0 Å². The number of nitrogens with zero attached hydrogens (tertiary/aromatic N) is 2. The Balaban J connectivity index is 1.69. The molecule has 0 aliphatic heterocycles. The molecule has 224 valence electrons. The maximum atomic E-state index is 14.1. The summed E-state index contributed by atoms with van der Waals surface area (Å²) in [5.41, 5.74) is 2.27. The van der Waals surface area contributed by atoms with Crippen LogP contribution in [-0.2, 0) is 32.6 Å². The van der Waals surface area contributed by atoms with Gasteiger partial charge in [0.1, 0.15) is 6.04 Å². The van der Waals surface area contributed by atoms with Gasteiger partial charge in [-0.25, -0.2) is 8.42 Å². The maximum Gasteiger partial charge on any atom is 0.243 e. The molecule has 0 saturated heterocycles. The van der Waals surface area contributed by atoms with Gasteiger partial charge in [0.25, 0.3) is 0 Å². The molecule has 2 amide bonds. The summed E-state index contributed by atoms with van der Waals surface area (Å²) in [7, 11) is -2.60. The van der Waals surface area contributed by atoms with E-state index in [1.165, 1.54) is 24.1 Å². The van der Waals surface area contributed by atoms with E-state index in [-0.39, 0.29) is 29.8 Å². The maximum absolute atomic E-state index is 14.1. The first-order chi connectivity index (χ1) is 20.1. The third kappa shape index (κ3) is 8.13. The molecule has 0 radical (unpaired) electrons. The summed E-state index contributed by atoms with van der Waals surface area (Å²) in [6.45, 7) is 1.33. The van der Waals surface area contributed by atoms with E-state index in [9.17, 15) is 18.0 Å². The third-order valence-corrected chi connectivity index (χ3v) is 10.2. The van der Waals surface area contributed by atoms with Crippen molar-refractivity contribution in [3.05, 3.63) is 99.5 Å². The zero-order valence-corrected chi connectivity index (χ0v) is 26.3. The SMILES string of the molecule is Cc1ccc(S(=O)(=O)N(C)CC(=O)N(Cc2c(Cl)cccc2Cl)[C@@H](Cc2ccccc2)C(=O)NC2CCCCC2)cc1. The van der Waals surface area contributed by atoms with Crippen molar-refractivity contribution in [2.24, 2.45) is 0 Å². The van der Waals surface area contributed by atoms with E-state index in [0.29, 0.717) is 15.6 Å². The summed E-state index contributed by atoms with van der Waals surface area (Å²) in [5, 5.41) is 3.88. The molecule has 42 heavy (non-hydrogen) atoms. The Morgan fingerprint density at radius 1 is 0.905 bits per heavy atom. The van der Waals surface area contributed by atoms with Gasteiger partial charge in [0, 0.05) is 41.7 Å². The fourth-order valence-electron chi connectivity index (χ4n) is 5.21. The van der Waals surface area contributed by atoms with E-state index in [0.717, 1.165) is 47.5 Å². The number of benzene rings is 3. The average Bonchev–Trinajstić information content (AvgIpc) is 2.97. The summed E-state index contributed by atoms with van der Waals surface area (Å²) in [6, 6.07) is 20.1. The summed E-state index contributed by atoms with van der Waals surface area (Å²) in [4.78, 5) is 29.5. The first-order valence-electron chi connectivity index (χ1n) is 14.2. The smallest absolute Gasteiger partial charge is 0.243 e. The second kappa shape index (κ2) is 14.5. The minimum Gasteiger partial charge on any atom is -0.352 e. The van der Waals surface area contributed by atoms with Gasteiger partial charge in [0.15, 0.2) is 0 Å².